The van der Waals surface area contributed by atoms with Crippen molar-refractivity contribution in [2.24, 2.45) is 17.6 Å². The van der Waals surface area contributed by atoms with E-state index in [0.717, 1.165) is 44.6 Å². The monoisotopic (exact) mass is 240 g/mol. The highest BCUT2D eigenvalue weighted by Crippen LogP contribution is 2.28. The summed E-state index contributed by atoms with van der Waals surface area (Å²) in [6.45, 7) is 4.16. The van der Waals surface area contributed by atoms with Crippen molar-refractivity contribution < 1.29 is 4.74 Å². The molecule has 0 aliphatic heterocycles. The molecule has 3 heteroatoms. The molecule has 2 saturated carbocycles. The lowest BCUT2D eigenvalue weighted by Crippen LogP contribution is -2.33. The second kappa shape index (κ2) is 7.34. The van der Waals surface area contributed by atoms with Gasteiger partial charge in [-0.25, -0.2) is 0 Å². The fourth-order valence-electron chi connectivity index (χ4n) is 2.66. The lowest BCUT2D eigenvalue weighted by atomic mass is 9.86. The van der Waals surface area contributed by atoms with Crippen LogP contribution in [0.4, 0.5) is 0 Å². The van der Waals surface area contributed by atoms with Gasteiger partial charge in [0, 0.05) is 19.3 Å². The van der Waals surface area contributed by atoms with Gasteiger partial charge in [0.1, 0.15) is 0 Å². The number of nitrogens with one attached hydrogen (secondary N) is 1. The van der Waals surface area contributed by atoms with Crippen LogP contribution in [0.1, 0.15) is 44.9 Å². The molecular formula is C14H28N2O. The molecule has 2 rings (SSSR count). The van der Waals surface area contributed by atoms with Crippen molar-refractivity contribution >= 4 is 0 Å². The van der Waals surface area contributed by atoms with Crippen molar-refractivity contribution in [3.8, 4) is 0 Å². The number of hydrogen-bond acceptors (Lipinski definition) is 3. The molecule has 2 atom stereocenters. The first-order valence-electron chi connectivity index (χ1n) is 7.38. The van der Waals surface area contributed by atoms with E-state index in [2.05, 4.69) is 5.32 Å². The van der Waals surface area contributed by atoms with Gasteiger partial charge in [-0.2, -0.15) is 0 Å². The van der Waals surface area contributed by atoms with Gasteiger partial charge in [-0.1, -0.05) is 6.42 Å². The maximum Gasteiger partial charge on any atom is 0.0494 e. The predicted molar refractivity (Wildman–Crippen MR) is 71.0 cm³/mol. The molecule has 0 saturated heterocycles. The summed E-state index contributed by atoms with van der Waals surface area (Å²) < 4.78 is 5.61. The van der Waals surface area contributed by atoms with Gasteiger partial charge in [0.05, 0.1) is 0 Å². The van der Waals surface area contributed by atoms with Crippen molar-refractivity contribution in [3.63, 3.8) is 0 Å². The van der Waals surface area contributed by atoms with Crippen LogP contribution < -0.4 is 11.1 Å². The number of ether oxygens (including phenoxy) is 1. The second-order valence-corrected chi connectivity index (χ2v) is 5.87. The van der Waals surface area contributed by atoms with Gasteiger partial charge in [-0.3, -0.25) is 0 Å². The van der Waals surface area contributed by atoms with Crippen LogP contribution in [0.3, 0.4) is 0 Å². The molecule has 0 aromatic rings. The van der Waals surface area contributed by atoms with Crippen LogP contribution in [-0.4, -0.2) is 32.3 Å². The van der Waals surface area contributed by atoms with E-state index in [1.54, 1.807) is 0 Å². The summed E-state index contributed by atoms with van der Waals surface area (Å²) in [6.07, 6.45) is 9.04. The minimum absolute atomic E-state index is 0.456. The molecular weight excluding hydrogens is 212 g/mol. The van der Waals surface area contributed by atoms with Crippen LogP contribution in [0, 0.1) is 11.8 Å². The molecule has 2 unspecified atom stereocenters. The first-order valence-corrected chi connectivity index (χ1v) is 7.38. The average Bonchev–Trinajstić information content (AvgIpc) is 3.12. The van der Waals surface area contributed by atoms with Crippen molar-refractivity contribution in [2.75, 3.05) is 26.3 Å². The minimum Gasteiger partial charge on any atom is -0.381 e. The maximum absolute atomic E-state index is 5.98. The Balaban J connectivity index is 1.37. The summed E-state index contributed by atoms with van der Waals surface area (Å²) in [4.78, 5) is 0. The van der Waals surface area contributed by atoms with E-state index < -0.39 is 0 Å². The van der Waals surface area contributed by atoms with E-state index in [0.29, 0.717) is 6.04 Å². The normalized spacial score (nSPS) is 29.5. The Hall–Kier alpha value is -0.120. The average molecular weight is 240 g/mol. The highest BCUT2D eigenvalue weighted by molar-refractivity contribution is 4.76. The van der Waals surface area contributed by atoms with Crippen LogP contribution in [0.25, 0.3) is 0 Å². The van der Waals surface area contributed by atoms with E-state index >= 15 is 0 Å². The Morgan fingerprint density at radius 3 is 2.76 bits per heavy atom. The van der Waals surface area contributed by atoms with Crippen molar-refractivity contribution in [1.82, 2.24) is 5.32 Å². The Kier molecular flexibility index (Phi) is 5.75. The van der Waals surface area contributed by atoms with E-state index in [4.69, 9.17) is 10.5 Å². The van der Waals surface area contributed by atoms with E-state index in [1.807, 2.05) is 0 Å². The maximum atomic E-state index is 5.98. The molecule has 2 aliphatic rings. The van der Waals surface area contributed by atoms with Crippen molar-refractivity contribution in [3.05, 3.63) is 0 Å². The summed E-state index contributed by atoms with van der Waals surface area (Å²) in [7, 11) is 0. The van der Waals surface area contributed by atoms with Gasteiger partial charge < -0.3 is 15.8 Å². The molecule has 0 aromatic carbocycles. The Bertz CT molecular complexity index is 206. The SMILES string of the molecule is NC1CCCC(CNCCCOCC2CC2)C1. The largest absolute Gasteiger partial charge is 0.381 e. The van der Waals surface area contributed by atoms with E-state index in [-0.39, 0.29) is 0 Å². The predicted octanol–water partition coefficient (Wildman–Crippen LogP) is 1.91. The number of rotatable bonds is 8. The van der Waals surface area contributed by atoms with Gasteiger partial charge >= 0.3 is 0 Å². The van der Waals surface area contributed by atoms with Gasteiger partial charge in [0.25, 0.3) is 0 Å². The second-order valence-electron chi connectivity index (χ2n) is 5.87. The molecule has 2 aliphatic carbocycles. The van der Waals surface area contributed by atoms with Crippen molar-refractivity contribution in [1.29, 1.82) is 0 Å². The zero-order valence-corrected chi connectivity index (χ0v) is 11.0. The molecule has 0 amide bonds. The molecule has 0 radical (unpaired) electrons. The van der Waals surface area contributed by atoms with Crippen molar-refractivity contribution in [2.45, 2.75) is 51.0 Å². The summed E-state index contributed by atoms with van der Waals surface area (Å²) in [5.41, 5.74) is 5.98. The first-order chi connectivity index (χ1) is 8.34. The molecule has 0 spiro atoms. The fourth-order valence-corrected chi connectivity index (χ4v) is 2.66. The lowest BCUT2D eigenvalue weighted by Gasteiger charge is -2.26. The standard InChI is InChI=1S/C14H28N2O/c15-14-4-1-3-13(9-14)10-16-7-2-8-17-11-12-5-6-12/h12-14,16H,1-11,15H2. The quantitative estimate of drug-likeness (QED) is 0.637. The van der Waals surface area contributed by atoms with E-state index in [9.17, 15) is 0 Å². The lowest BCUT2D eigenvalue weighted by molar-refractivity contribution is 0.121. The summed E-state index contributed by atoms with van der Waals surface area (Å²) >= 11 is 0. The molecule has 3 nitrogen and oxygen atoms in total. The highest BCUT2D eigenvalue weighted by atomic mass is 16.5. The molecule has 0 bridgehead atoms. The van der Waals surface area contributed by atoms with Gasteiger partial charge in [-0.15, -0.1) is 0 Å². The molecule has 2 fully saturated rings. The van der Waals surface area contributed by atoms with E-state index in [1.165, 1.54) is 38.5 Å². The zero-order chi connectivity index (χ0) is 11.9. The fraction of sp³-hybridized carbons (Fsp3) is 1.00. The van der Waals surface area contributed by atoms with Crippen LogP contribution >= 0.6 is 0 Å². The van der Waals surface area contributed by atoms with Gasteiger partial charge in [-0.05, 0) is 63.5 Å². The molecule has 17 heavy (non-hydrogen) atoms. The van der Waals surface area contributed by atoms with Crippen LogP contribution in [-0.2, 0) is 4.74 Å². The van der Waals surface area contributed by atoms with Gasteiger partial charge in [0.15, 0.2) is 0 Å². The summed E-state index contributed by atoms with van der Waals surface area (Å²) in [5, 5.41) is 3.54. The number of hydrogen-bond donors (Lipinski definition) is 2. The third kappa shape index (κ3) is 5.84. The third-order valence-electron chi connectivity index (χ3n) is 3.95. The highest BCUT2D eigenvalue weighted by Gasteiger charge is 2.21. The molecule has 3 N–H and O–H groups in total. The van der Waals surface area contributed by atoms with Gasteiger partial charge in [0.2, 0.25) is 0 Å². The Morgan fingerprint density at radius 1 is 1.12 bits per heavy atom. The Labute approximate surface area is 105 Å². The zero-order valence-electron chi connectivity index (χ0n) is 11.0. The van der Waals surface area contributed by atoms with Crippen LogP contribution in [0.15, 0.2) is 0 Å². The Morgan fingerprint density at radius 2 is 2.00 bits per heavy atom. The molecule has 0 heterocycles. The van der Waals surface area contributed by atoms with Crippen LogP contribution in [0.2, 0.25) is 0 Å². The topological polar surface area (TPSA) is 47.3 Å². The molecule has 0 aromatic heterocycles. The third-order valence-corrected chi connectivity index (χ3v) is 3.95. The summed E-state index contributed by atoms with van der Waals surface area (Å²) in [5.74, 6) is 1.71. The smallest absolute Gasteiger partial charge is 0.0494 e. The summed E-state index contributed by atoms with van der Waals surface area (Å²) in [6, 6.07) is 0.456. The minimum atomic E-state index is 0.456. The first kappa shape index (κ1) is 13.3. The molecule has 100 valence electrons. The van der Waals surface area contributed by atoms with Crippen LogP contribution in [0.5, 0.6) is 0 Å². The number of nitrogens with two attached hydrogens (primary N) is 1.